The molecule has 4 heterocycles. The molecule has 0 atom stereocenters. The molecule has 5 rings (SSSR count). The summed E-state index contributed by atoms with van der Waals surface area (Å²) in [6.45, 7) is 1.83. The second-order valence-electron chi connectivity index (χ2n) is 6.48. The number of hydrogen-bond donors (Lipinski definition) is 0. The van der Waals surface area contributed by atoms with Crippen molar-refractivity contribution in [1.82, 2.24) is 19.9 Å². The van der Waals surface area contributed by atoms with Crippen molar-refractivity contribution in [2.45, 2.75) is 6.92 Å². The van der Waals surface area contributed by atoms with Gasteiger partial charge in [-0.15, -0.1) is 0 Å². The number of nitrogens with zero attached hydrogens (tertiary/aromatic N) is 4. The van der Waals surface area contributed by atoms with Gasteiger partial charge in [0.05, 0.1) is 12.8 Å². The van der Waals surface area contributed by atoms with E-state index in [1.54, 1.807) is 6.26 Å². The molecule has 10 nitrogen and oxygen atoms in total. The molecule has 0 aliphatic heterocycles. The summed E-state index contributed by atoms with van der Waals surface area (Å²) in [5.74, 6) is 0.666. The van der Waals surface area contributed by atoms with Crippen LogP contribution in [0, 0.1) is 6.92 Å². The highest BCUT2D eigenvalue weighted by Gasteiger charge is 2.18. The van der Waals surface area contributed by atoms with Crippen molar-refractivity contribution in [3.63, 3.8) is 0 Å². The number of methoxy groups -OCH3 is 1. The highest BCUT2D eigenvalue weighted by atomic mass is 16.5. The van der Waals surface area contributed by atoms with Crippen molar-refractivity contribution in [2.75, 3.05) is 7.11 Å². The minimum Gasteiger partial charge on any atom is -0.464 e. The molecule has 10 heteroatoms. The number of esters is 1. The lowest BCUT2D eigenvalue weighted by atomic mass is 10.1. The first kappa shape index (κ1) is 18.6. The molecule has 5 aromatic rings. The predicted octanol–water partition coefficient (Wildman–Crippen LogP) is 4.40. The molecule has 0 aliphatic rings. The van der Waals surface area contributed by atoms with Crippen LogP contribution in [-0.4, -0.2) is 33.0 Å². The van der Waals surface area contributed by atoms with E-state index in [0.29, 0.717) is 34.6 Å². The maximum atomic E-state index is 11.5. The van der Waals surface area contributed by atoms with Gasteiger partial charge >= 0.3 is 5.97 Å². The molecule has 1 aromatic carbocycles. The van der Waals surface area contributed by atoms with E-state index in [2.05, 4.69) is 24.7 Å². The number of hydrogen-bond acceptors (Lipinski definition) is 10. The van der Waals surface area contributed by atoms with E-state index in [9.17, 15) is 4.79 Å². The normalized spacial score (nSPS) is 11.0. The molecule has 0 saturated carbocycles. The summed E-state index contributed by atoms with van der Waals surface area (Å²) in [7, 11) is 1.26. The number of ether oxygens (including phenoxy) is 1. The van der Waals surface area contributed by atoms with Gasteiger partial charge in [0.25, 0.3) is 0 Å². The van der Waals surface area contributed by atoms with Crippen LogP contribution in [0.4, 0.5) is 0 Å². The molecule has 0 unspecified atom stereocenters. The smallest absolute Gasteiger partial charge is 0.360 e. The van der Waals surface area contributed by atoms with Crippen LogP contribution in [0.25, 0.3) is 46.1 Å². The largest absolute Gasteiger partial charge is 0.464 e. The summed E-state index contributed by atoms with van der Waals surface area (Å²) < 4.78 is 26.4. The van der Waals surface area contributed by atoms with E-state index in [1.807, 2.05) is 31.2 Å². The maximum absolute atomic E-state index is 11.5. The van der Waals surface area contributed by atoms with Gasteiger partial charge in [-0.1, -0.05) is 6.07 Å². The number of oxazole rings is 4. The van der Waals surface area contributed by atoms with E-state index in [0.717, 1.165) is 11.3 Å². The average molecular weight is 418 g/mol. The molecule has 0 saturated heterocycles. The van der Waals surface area contributed by atoms with Crippen LogP contribution < -0.4 is 0 Å². The Morgan fingerprint density at radius 2 is 1.35 bits per heavy atom. The number of carbonyl (C=O) groups excluding carboxylic acids is 1. The summed E-state index contributed by atoms with van der Waals surface area (Å²) in [6.07, 6.45) is 5.62. The molecule has 0 fully saturated rings. The quantitative estimate of drug-likeness (QED) is 0.378. The van der Waals surface area contributed by atoms with Gasteiger partial charge in [0.15, 0.2) is 17.1 Å². The molecule has 154 valence electrons. The standard InChI is InChI=1S/C21H14N4O6/c1-11-7-28-19(22-11)14-8-29-17(23-14)12-4-3-5-13(6-12)18-24-15(9-30-18)20-25-16(10-31-20)21(26)27-2/h3-10H,1-2H3. The zero-order valence-electron chi connectivity index (χ0n) is 16.4. The van der Waals surface area contributed by atoms with E-state index in [-0.39, 0.29) is 11.6 Å². The van der Waals surface area contributed by atoms with Crippen molar-refractivity contribution >= 4 is 5.97 Å². The van der Waals surface area contributed by atoms with E-state index >= 15 is 0 Å². The van der Waals surface area contributed by atoms with Gasteiger partial charge in [0.2, 0.25) is 23.6 Å². The van der Waals surface area contributed by atoms with Crippen molar-refractivity contribution in [1.29, 1.82) is 0 Å². The lowest BCUT2D eigenvalue weighted by Gasteiger charge is -1.98. The van der Waals surface area contributed by atoms with Crippen molar-refractivity contribution < 1.29 is 27.2 Å². The first-order chi connectivity index (χ1) is 15.1. The van der Waals surface area contributed by atoms with Crippen molar-refractivity contribution in [3.8, 4) is 46.1 Å². The van der Waals surface area contributed by atoms with Crippen LogP contribution in [0.5, 0.6) is 0 Å². The summed E-state index contributed by atoms with van der Waals surface area (Å²) in [5, 5.41) is 0. The highest BCUT2D eigenvalue weighted by Crippen LogP contribution is 2.29. The van der Waals surface area contributed by atoms with Gasteiger partial charge in [-0.25, -0.2) is 24.7 Å². The second-order valence-corrected chi connectivity index (χ2v) is 6.48. The lowest BCUT2D eigenvalue weighted by molar-refractivity contribution is 0.0594. The maximum Gasteiger partial charge on any atom is 0.360 e. The van der Waals surface area contributed by atoms with Gasteiger partial charge < -0.3 is 22.4 Å². The Labute approximate surface area is 174 Å². The van der Waals surface area contributed by atoms with E-state index in [1.165, 1.54) is 25.9 Å². The van der Waals surface area contributed by atoms with Crippen molar-refractivity contribution in [2.24, 2.45) is 0 Å². The number of aromatic nitrogens is 4. The van der Waals surface area contributed by atoms with Crippen LogP contribution in [0.3, 0.4) is 0 Å². The third-order valence-electron chi connectivity index (χ3n) is 4.32. The molecular formula is C21H14N4O6. The second kappa shape index (κ2) is 7.41. The average Bonchev–Trinajstić information content (AvgIpc) is 3.59. The molecule has 0 radical (unpaired) electrons. The monoisotopic (exact) mass is 418 g/mol. The molecule has 0 N–H and O–H groups in total. The number of aryl methyl sites for hydroxylation is 1. The van der Waals surface area contributed by atoms with Gasteiger partial charge in [0, 0.05) is 11.1 Å². The molecule has 0 amide bonds. The van der Waals surface area contributed by atoms with Crippen LogP contribution in [0.2, 0.25) is 0 Å². The van der Waals surface area contributed by atoms with E-state index in [4.69, 9.17) is 17.7 Å². The van der Waals surface area contributed by atoms with Crippen LogP contribution in [0.15, 0.2) is 67.0 Å². The first-order valence-electron chi connectivity index (χ1n) is 9.09. The Morgan fingerprint density at radius 3 is 1.94 bits per heavy atom. The minimum atomic E-state index is -0.600. The third-order valence-corrected chi connectivity index (χ3v) is 4.32. The van der Waals surface area contributed by atoms with Crippen LogP contribution >= 0.6 is 0 Å². The highest BCUT2D eigenvalue weighted by molar-refractivity contribution is 5.87. The summed E-state index contributed by atoms with van der Waals surface area (Å²) in [6, 6.07) is 7.33. The SMILES string of the molecule is COC(=O)c1coc(-c2coc(-c3cccc(-c4nc(-c5nc(C)co5)co4)c3)n2)n1. The van der Waals surface area contributed by atoms with Crippen LogP contribution in [-0.2, 0) is 4.74 Å². The molecule has 0 bridgehead atoms. The van der Waals surface area contributed by atoms with Crippen molar-refractivity contribution in [3.05, 3.63) is 60.7 Å². The Morgan fingerprint density at radius 1 is 0.774 bits per heavy atom. The van der Waals surface area contributed by atoms with Gasteiger partial charge in [-0.05, 0) is 25.1 Å². The predicted molar refractivity (Wildman–Crippen MR) is 105 cm³/mol. The summed E-state index contributed by atoms with van der Waals surface area (Å²) in [4.78, 5) is 28.7. The van der Waals surface area contributed by atoms with Gasteiger partial charge in [-0.3, -0.25) is 0 Å². The number of rotatable bonds is 5. The minimum absolute atomic E-state index is 0.0463. The first-order valence-corrected chi connectivity index (χ1v) is 9.09. The molecule has 31 heavy (non-hydrogen) atoms. The lowest BCUT2D eigenvalue weighted by Crippen LogP contribution is -2.00. The fraction of sp³-hybridized carbons (Fsp3) is 0.0952. The Balaban J connectivity index is 1.42. The molecule has 0 aliphatic carbocycles. The van der Waals surface area contributed by atoms with Gasteiger partial charge in [-0.2, -0.15) is 0 Å². The fourth-order valence-electron chi connectivity index (χ4n) is 2.86. The van der Waals surface area contributed by atoms with Crippen LogP contribution in [0.1, 0.15) is 16.2 Å². The van der Waals surface area contributed by atoms with Gasteiger partial charge in [0.1, 0.15) is 25.1 Å². The number of benzene rings is 1. The Kier molecular flexibility index (Phi) is 4.43. The molecule has 0 spiro atoms. The van der Waals surface area contributed by atoms with E-state index < -0.39 is 5.97 Å². The zero-order chi connectivity index (χ0) is 21.4. The third kappa shape index (κ3) is 3.50. The zero-order valence-corrected chi connectivity index (χ0v) is 16.4. The molecular weight excluding hydrogens is 404 g/mol. The molecule has 4 aromatic heterocycles. The Hall–Kier alpha value is -4.47. The summed E-state index contributed by atoms with van der Waals surface area (Å²) in [5.41, 5.74) is 3.05. The topological polar surface area (TPSA) is 130 Å². The Bertz CT molecular complexity index is 1380. The summed E-state index contributed by atoms with van der Waals surface area (Å²) >= 11 is 0. The number of carbonyl (C=O) groups is 1. The fourth-order valence-corrected chi connectivity index (χ4v) is 2.86.